The number of hydrogen-bond donors (Lipinski definition) is 2. The SMILES string of the molecule is Oc1cc(C[Se]c2ccccc2)c(O)cc1C[Se]c1ccccc1. The molecule has 2 N–H and O–H groups in total. The van der Waals surface area contributed by atoms with Gasteiger partial charge in [-0.2, -0.15) is 0 Å². The molecule has 0 saturated heterocycles. The van der Waals surface area contributed by atoms with Gasteiger partial charge in [-0.3, -0.25) is 0 Å². The van der Waals surface area contributed by atoms with E-state index < -0.39 is 0 Å². The maximum absolute atomic E-state index is 10.3. The fourth-order valence-corrected chi connectivity index (χ4v) is 6.04. The van der Waals surface area contributed by atoms with Gasteiger partial charge in [-0.15, -0.1) is 0 Å². The van der Waals surface area contributed by atoms with Crippen LogP contribution < -0.4 is 8.92 Å². The zero-order chi connectivity index (χ0) is 16.8. The fraction of sp³-hybridized carbons (Fsp3) is 0.100. The number of benzene rings is 3. The number of aromatic hydroxyl groups is 2. The van der Waals surface area contributed by atoms with Gasteiger partial charge in [-0.1, -0.05) is 0 Å². The monoisotopic (exact) mass is 450 g/mol. The van der Waals surface area contributed by atoms with E-state index in [0.29, 0.717) is 11.5 Å². The summed E-state index contributed by atoms with van der Waals surface area (Å²) in [4.78, 5) is 0. The first kappa shape index (κ1) is 17.1. The zero-order valence-electron chi connectivity index (χ0n) is 13.1. The fourth-order valence-electron chi connectivity index (χ4n) is 2.25. The van der Waals surface area contributed by atoms with E-state index in [2.05, 4.69) is 24.3 Å². The summed E-state index contributed by atoms with van der Waals surface area (Å²) >= 11 is 0.501. The Kier molecular flexibility index (Phi) is 6.01. The van der Waals surface area contributed by atoms with Gasteiger partial charge < -0.3 is 0 Å². The van der Waals surface area contributed by atoms with Crippen molar-refractivity contribution < 1.29 is 10.2 Å². The molecule has 24 heavy (non-hydrogen) atoms. The van der Waals surface area contributed by atoms with Crippen molar-refractivity contribution in [3.8, 4) is 11.5 Å². The van der Waals surface area contributed by atoms with E-state index >= 15 is 0 Å². The second-order valence-electron chi connectivity index (χ2n) is 5.31. The average molecular weight is 448 g/mol. The van der Waals surface area contributed by atoms with Gasteiger partial charge >= 0.3 is 155 Å². The molecule has 0 amide bonds. The molecule has 0 spiro atoms. The second-order valence-corrected chi connectivity index (χ2v) is 9.71. The summed E-state index contributed by atoms with van der Waals surface area (Å²) < 4.78 is 2.58. The summed E-state index contributed by atoms with van der Waals surface area (Å²) in [6.07, 6.45) is 0. The molecule has 0 unspecified atom stereocenters. The topological polar surface area (TPSA) is 40.5 Å². The normalized spacial score (nSPS) is 10.7. The summed E-state index contributed by atoms with van der Waals surface area (Å²) in [5, 5.41) is 22.2. The summed E-state index contributed by atoms with van der Waals surface area (Å²) in [5.74, 6) is 0.592. The minimum absolute atomic E-state index is 0.251. The molecule has 2 nitrogen and oxygen atoms in total. The van der Waals surface area contributed by atoms with Gasteiger partial charge in [0.15, 0.2) is 0 Å². The van der Waals surface area contributed by atoms with Crippen LogP contribution >= 0.6 is 0 Å². The first-order valence-corrected chi connectivity index (χ1v) is 11.8. The van der Waals surface area contributed by atoms with Gasteiger partial charge in [0.1, 0.15) is 0 Å². The molecule has 4 heteroatoms. The molecule has 0 saturated carbocycles. The Bertz CT molecular complexity index is 720. The molecule has 0 aliphatic heterocycles. The molecular weight excluding hydrogens is 430 g/mol. The van der Waals surface area contributed by atoms with Crippen molar-refractivity contribution in [2.24, 2.45) is 0 Å². The number of hydrogen-bond acceptors (Lipinski definition) is 2. The maximum atomic E-state index is 10.3. The molecule has 0 fully saturated rings. The molecule has 0 radical (unpaired) electrons. The zero-order valence-corrected chi connectivity index (χ0v) is 16.5. The van der Waals surface area contributed by atoms with Crippen LogP contribution in [0.3, 0.4) is 0 Å². The average Bonchev–Trinajstić information content (AvgIpc) is 2.62. The molecule has 3 aromatic carbocycles. The Hall–Kier alpha value is -1.70. The summed E-state index contributed by atoms with van der Waals surface area (Å²) in [6.45, 7) is 0. The first-order valence-electron chi connectivity index (χ1n) is 7.62. The van der Waals surface area contributed by atoms with Crippen LogP contribution in [0.1, 0.15) is 11.1 Å². The van der Waals surface area contributed by atoms with Gasteiger partial charge in [0.25, 0.3) is 0 Å². The number of phenolic OH excluding ortho intramolecular Hbond substituents is 2. The van der Waals surface area contributed by atoms with Crippen LogP contribution in [0.2, 0.25) is 0 Å². The molecule has 0 bridgehead atoms. The van der Waals surface area contributed by atoms with Crippen LogP contribution in [0.15, 0.2) is 72.8 Å². The van der Waals surface area contributed by atoms with Crippen LogP contribution in [-0.2, 0) is 10.6 Å². The van der Waals surface area contributed by atoms with Crippen LogP contribution in [-0.4, -0.2) is 40.1 Å². The predicted octanol–water partition coefficient (Wildman–Crippen LogP) is 2.16. The molecule has 0 atom stereocenters. The molecule has 0 aliphatic carbocycles. The van der Waals surface area contributed by atoms with E-state index in [1.54, 1.807) is 12.1 Å². The summed E-state index contributed by atoms with van der Waals surface area (Å²) in [6, 6.07) is 24.0. The summed E-state index contributed by atoms with van der Waals surface area (Å²) in [7, 11) is 0. The van der Waals surface area contributed by atoms with Gasteiger partial charge in [-0.25, -0.2) is 0 Å². The molecule has 0 aliphatic rings. The van der Waals surface area contributed by atoms with Gasteiger partial charge in [0.2, 0.25) is 0 Å². The van der Waals surface area contributed by atoms with E-state index in [0.717, 1.165) is 21.8 Å². The third-order valence-electron chi connectivity index (χ3n) is 3.55. The van der Waals surface area contributed by atoms with E-state index in [1.807, 2.05) is 36.4 Å². The van der Waals surface area contributed by atoms with Crippen molar-refractivity contribution in [1.82, 2.24) is 0 Å². The Balaban J connectivity index is 1.67. The second kappa shape index (κ2) is 8.41. The van der Waals surface area contributed by atoms with Gasteiger partial charge in [0, 0.05) is 0 Å². The molecular formula is C20H18O2Se2. The van der Waals surface area contributed by atoms with Gasteiger partial charge in [0.05, 0.1) is 0 Å². The Morgan fingerprint density at radius 3 is 1.33 bits per heavy atom. The van der Waals surface area contributed by atoms with Gasteiger partial charge in [-0.05, 0) is 0 Å². The first-order chi connectivity index (χ1) is 11.7. The van der Waals surface area contributed by atoms with Crippen molar-refractivity contribution in [1.29, 1.82) is 0 Å². The van der Waals surface area contributed by atoms with Crippen molar-refractivity contribution in [2.45, 2.75) is 10.6 Å². The summed E-state index contributed by atoms with van der Waals surface area (Å²) in [5.41, 5.74) is 1.65. The predicted molar refractivity (Wildman–Crippen MR) is 101 cm³/mol. The standard InChI is InChI=1S/C20H18O2Se2/c21-19-12-16(14-24-18-9-5-2-6-10-18)20(22)11-15(19)13-23-17-7-3-1-4-8-17/h1-12,21-22H,13-14H2. The Labute approximate surface area is 154 Å². The molecule has 0 aromatic heterocycles. The Morgan fingerprint density at radius 2 is 0.958 bits per heavy atom. The van der Waals surface area contributed by atoms with Crippen molar-refractivity contribution in [2.75, 3.05) is 0 Å². The minimum atomic E-state index is 0.251. The van der Waals surface area contributed by atoms with Crippen LogP contribution in [0.5, 0.6) is 11.5 Å². The van der Waals surface area contributed by atoms with E-state index in [1.165, 1.54) is 8.92 Å². The number of phenols is 2. The van der Waals surface area contributed by atoms with Crippen molar-refractivity contribution in [3.63, 3.8) is 0 Å². The molecule has 3 rings (SSSR count). The van der Waals surface area contributed by atoms with E-state index in [9.17, 15) is 10.2 Å². The van der Waals surface area contributed by atoms with Crippen molar-refractivity contribution in [3.05, 3.63) is 83.9 Å². The molecule has 3 aromatic rings. The van der Waals surface area contributed by atoms with E-state index in [4.69, 9.17) is 0 Å². The quantitative estimate of drug-likeness (QED) is 0.449. The van der Waals surface area contributed by atoms with Crippen LogP contribution in [0, 0.1) is 0 Å². The van der Waals surface area contributed by atoms with Crippen molar-refractivity contribution >= 4 is 38.8 Å². The Morgan fingerprint density at radius 1 is 0.583 bits per heavy atom. The van der Waals surface area contributed by atoms with Crippen LogP contribution in [0.25, 0.3) is 0 Å². The third kappa shape index (κ3) is 4.66. The molecule has 122 valence electrons. The number of rotatable bonds is 6. The van der Waals surface area contributed by atoms with Crippen LogP contribution in [0.4, 0.5) is 0 Å². The van der Waals surface area contributed by atoms with E-state index in [-0.39, 0.29) is 29.9 Å². The molecule has 0 heterocycles. The third-order valence-corrected chi connectivity index (χ3v) is 8.01.